The SMILES string of the molecule is CC[C@H](C)NC(=O)COC(=O)c1ccc2c(c1)CCN2S(C)(=O)=O. The Morgan fingerprint density at radius 3 is 2.71 bits per heavy atom. The number of hydrogen-bond donors (Lipinski definition) is 1. The Balaban J connectivity index is 2.01. The molecule has 1 aromatic carbocycles. The molecule has 0 unspecified atom stereocenters. The molecule has 0 fully saturated rings. The highest BCUT2D eigenvalue weighted by Gasteiger charge is 2.27. The van der Waals surface area contributed by atoms with Crippen LogP contribution in [0.25, 0.3) is 0 Å². The number of esters is 1. The van der Waals surface area contributed by atoms with Crippen LogP contribution in [0.1, 0.15) is 36.2 Å². The molecular formula is C16H22N2O5S. The summed E-state index contributed by atoms with van der Waals surface area (Å²) in [5.41, 5.74) is 1.67. The molecule has 1 heterocycles. The molecular weight excluding hydrogens is 332 g/mol. The lowest BCUT2D eigenvalue weighted by molar-refractivity contribution is -0.124. The number of anilines is 1. The van der Waals surface area contributed by atoms with Gasteiger partial charge in [0, 0.05) is 12.6 Å². The molecule has 0 spiro atoms. The second-order valence-corrected chi connectivity index (χ2v) is 7.79. The van der Waals surface area contributed by atoms with Crippen LogP contribution in [0.15, 0.2) is 18.2 Å². The van der Waals surface area contributed by atoms with Crippen molar-refractivity contribution in [3.8, 4) is 0 Å². The van der Waals surface area contributed by atoms with Gasteiger partial charge in [-0.1, -0.05) is 6.92 Å². The number of ether oxygens (including phenoxy) is 1. The number of hydrogen-bond acceptors (Lipinski definition) is 5. The molecule has 0 saturated heterocycles. The van der Waals surface area contributed by atoms with Gasteiger partial charge in [-0.25, -0.2) is 13.2 Å². The maximum Gasteiger partial charge on any atom is 0.338 e. The van der Waals surface area contributed by atoms with Crippen molar-refractivity contribution >= 4 is 27.6 Å². The van der Waals surface area contributed by atoms with Crippen LogP contribution < -0.4 is 9.62 Å². The average molecular weight is 354 g/mol. The molecule has 1 atom stereocenters. The topological polar surface area (TPSA) is 92.8 Å². The molecule has 1 N–H and O–H groups in total. The van der Waals surface area contributed by atoms with E-state index in [2.05, 4.69) is 5.32 Å². The van der Waals surface area contributed by atoms with Crippen molar-refractivity contribution in [3.63, 3.8) is 0 Å². The summed E-state index contributed by atoms with van der Waals surface area (Å²) in [6.45, 7) is 3.84. The first kappa shape index (κ1) is 18.3. The van der Waals surface area contributed by atoms with E-state index in [0.29, 0.717) is 24.2 Å². The van der Waals surface area contributed by atoms with Crippen LogP contribution >= 0.6 is 0 Å². The summed E-state index contributed by atoms with van der Waals surface area (Å²) in [5, 5.41) is 2.71. The zero-order valence-electron chi connectivity index (χ0n) is 14.0. The summed E-state index contributed by atoms with van der Waals surface area (Å²) in [6.07, 6.45) is 2.49. The van der Waals surface area contributed by atoms with Crippen molar-refractivity contribution in [1.29, 1.82) is 0 Å². The average Bonchev–Trinajstić information content (AvgIpc) is 2.95. The molecule has 0 radical (unpaired) electrons. The van der Waals surface area contributed by atoms with E-state index in [4.69, 9.17) is 4.74 Å². The Labute approximate surface area is 142 Å². The minimum Gasteiger partial charge on any atom is -0.452 e. The van der Waals surface area contributed by atoms with Gasteiger partial charge in [-0.3, -0.25) is 9.10 Å². The van der Waals surface area contributed by atoms with E-state index >= 15 is 0 Å². The molecule has 1 amide bonds. The standard InChI is InChI=1S/C16H22N2O5S/c1-4-11(2)17-15(19)10-23-16(20)13-5-6-14-12(9-13)7-8-18(14)24(3,21)22/h5-6,9,11H,4,7-8,10H2,1-3H3,(H,17,19)/t11-/m0/s1. The van der Waals surface area contributed by atoms with Gasteiger partial charge in [-0.2, -0.15) is 0 Å². The van der Waals surface area contributed by atoms with Gasteiger partial charge in [-0.15, -0.1) is 0 Å². The molecule has 2 rings (SSSR count). The number of nitrogens with zero attached hydrogens (tertiary/aromatic N) is 1. The molecule has 0 bridgehead atoms. The molecule has 1 aliphatic rings. The van der Waals surface area contributed by atoms with Crippen molar-refractivity contribution in [2.45, 2.75) is 32.7 Å². The predicted octanol–water partition coefficient (Wildman–Crippen LogP) is 1.08. The predicted molar refractivity (Wildman–Crippen MR) is 90.5 cm³/mol. The number of carbonyl (C=O) groups is 2. The third kappa shape index (κ3) is 4.25. The van der Waals surface area contributed by atoms with Gasteiger partial charge >= 0.3 is 5.97 Å². The number of amides is 1. The number of fused-ring (bicyclic) bond motifs is 1. The van der Waals surface area contributed by atoms with Crippen molar-refractivity contribution in [1.82, 2.24) is 5.32 Å². The van der Waals surface area contributed by atoms with E-state index in [1.807, 2.05) is 13.8 Å². The Morgan fingerprint density at radius 1 is 1.38 bits per heavy atom. The monoisotopic (exact) mass is 354 g/mol. The van der Waals surface area contributed by atoms with Gasteiger partial charge in [0.05, 0.1) is 17.5 Å². The quantitative estimate of drug-likeness (QED) is 0.772. The van der Waals surface area contributed by atoms with Gasteiger partial charge in [0.25, 0.3) is 5.91 Å². The summed E-state index contributed by atoms with van der Waals surface area (Å²) < 4.78 is 29.7. The summed E-state index contributed by atoms with van der Waals surface area (Å²) in [7, 11) is -3.32. The Morgan fingerprint density at radius 2 is 2.08 bits per heavy atom. The van der Waals surface area contributed by atoms with Gasteiger partial charge in [0.1, 0.15) is 0 Å². The number of carbonyl (C=O) groups excluding carboxylic acids is 2. The van der Waals surface area contributed by atoms with Crippen LogP contribution in [0, 0.1) is 0 Å². The fourth-order valence-corrected chi connectivity index (χ4v) is 3.43. The van der Waals surface area contributed by atoms with Gasteiger partial charge in [0.2, 0.25) is 10.0 Å². The molecule has 132 valence electrons. The number of benzene rings is 1. The minimum absolute atomic E-state index is 0.0261. The molecule has 8 heteroatoms. The maximum absolute atomic E-state index is 12.0. The third-order valence-electron chi connectivity index (χ3n) is 3.92. The summed E-state index contributed by atoms with van der Waals surface area (Å²) in [5.74, 6) is -0.947. The zero-order valence-corrected chi connectivity index (χ0v) is 14.9. The second kappa shape index (κ2) is 7.21. The van der Waals surface area contributed by atoms with E-state index in [9.17, 15) is 18.0 Å². The van der Waals surface area contributed by atoms with Crippen LogP contribution in [0.3, 0.4) is 0 Å². The molecule has 0 aromatic heterocycles. The van der Waals surface area contributed by atoms with E-state index < -0.39 is 16.0 Å². The molecule has 1 aromatic rings. The Kier molecular flexibility index (Phi) is 5.48. The van der Waals surface area contributed by atoms with Crippen LogP contribution in [0.5, 0.6) is 0 Å². The van der Waals surface area contributed by atoms with Gasteiger partial charge in [0.15, 0.2) is 6.61 Å². The summed E-state index contributed by atoms with van der Waals surface area (Å²) in [4.78, 5) is 23.7. The minimum atomic E-state index is -3.32. The van der Waals surface area contributed by atoms with Crippen LogP contribution in [-0.2, 0) is 26.0 Å². The first-order chi connectivity index (χ1) is 11.2. The number of rotatable bonds is 6. The lowest BCUT2D eigenvalue weighted by Gasteiger charge is -2.16. The lowest BCUT2D eigenvalue weighted by Crippen LogP contribution is -2.35. The summed E-state index contributed by atoms with van der Waals surface area (Å²) >= 11 is 0. The second-order valence-electron chi connectivity index (χ2n) is 5.88. The van der Waals surface area contributed by atoms with Gasteiger partial charge in [-0.05, 0) is 43.5 Å². The molecule has 1 aliphatic heterocycles. The smallest absolute Gasteiger partial charge is 0.338 e. The Bertz CT molecular complexity index is 745. The van der Waals surface area contributed by atoms with Crippen LogP contribution in [0.4, 0.5) is 5.69 Å². The van der Waals surface area contributed by atoms with Crippen molar-refractivity contribution in [2.24, 2.45) is 0 Å². The maximum atomic E-state index is 12.0. The first-order valence-corrected chi connectivity index (χ1v) is 9.64. The highest BCUT2D eigenvalue weighted by Crippen LogP contribution is 2.30. The molecule has 24 heavy (non-hydrogen) atoms. The summed E-state index contributed by atoms with van der Waals surface area (Å²) in [6, 6.07) is 4.75. The normalized spacial score (nSPS) is 14.9. The fourth-order valence-electron chi connectivity index (χ4n) is 2.48. The van der Waals surface area contributed by atoms with Gasteiger partial charge < -0.3 is 10.1 Å². The Hall–Kier alpha value is -2.09. The lowest BCUT2D eigenvalue weighted by atomic mass is 10.1. The van der Waals surface area contributed by atoms with Crippen LogP contribution in [0.2, 0.25) is 0 Å². The van der Waals surface area contributed by atoms with Crippen LogP contribution in [-0.4, -0.2) is 45.7 Å². The van der Waals surface area contributed by atoms with Crippen molar-refractivity contribution < 1.29 is 22.7 Å². The van der Waals surface area contributed by atoms with E-state index in [1.165, 1.54) is 10.4 Å². The highest BCUT2D eigenvalue weighted by atomic mass is 32.2. The number of nitrogens with one attached hydrogen (secondary N) is 1. The molecule has 7 nitrogen and oxygen atoms in total. The molecule has 0 aliphatic carbocycles. The highest BCUT2D eigenvalue weighted by molar-refractivity contribution is 7.92. The van der Waals surface area contributed by atoms with E-state index in [0.717, 1.165) is 18.2 Å². The van der Waals surface area contributed by atoms with Crippen molar-refractivity contribution in [2.75, 3.05) is 23.7 Å². The molecule has 0 saturated carbocycles. The third-order valence-corrected chi connectivity index (χ3v) is 5.10. The van der Waals surface area contributed by atoms with E-state index in [-0.39, 0.29) is 18.6 Å². The first-order valence-electron chi connectivity index (χ1n) is 7.79. The zero-order chi connectivity index (χ0) is 17.9. The number of sulfonamides is 1. The van der Waals surface area contributed by atoms with E-state index in [1.54, 1.807) is 12.1 Å². The fraction of sp³-hybridized carbons (Fsp3) is 0.500. The largest absolute Gasteiger partial charge is 0.452 e. The van der Waals surface area contributed by atoms with Crippen molar-refractivity contribution in [3.05, 3.63) is 29.3 Å².